The maximum atomic E-state index is 12.3. The normalized spacial score (nSPS) is 11.1. The van der Waals surface area contributed by atoms with Crippen LogP contribution in [0.3, 0.4) is 0 Å². The monoisotopic (exact) mass is 404 g/mol. The van der Waals surface area contributed by atoms with Crippen LogP contribution in [0.15, 0.2) is 23.4 Å². The molecule has 0 aliphatic carbocycles. The van der Waals surface area contributed by atoms with Gasteiger partial charge >= 0.3 is 0 Å². The molecular weight excluding hydrogens is 380 g/mol. The summed E-state index contributed by atoms with van der Waals surface area (Å²) in [6.07, 6.45) is 3.24. The molecule has 1 aromatic carbocycles. The highest BCUT2D eigenvalue weighted by Crippen LogP contribution is 2.29. The Labute approximate surface area is 167 Å². The summed E-state index contributed by atoms with van der Waals surface area (Å²) in [5.74, 6) is 1.02. The van der Waals surface area contributed by atoms with Crippen molar-refractivity contribution in [2.24, 2.45) is 0 Å². The summed E-state index contributed by atoms with van der Waals surface area (Å²) in [6, 6.07) is 5.75. The predicted octanol–water partition coefficient (Wildman–Crippen LogP) is 4.80. The molecule has 2 N–H and O–H groups in total. The van der Waals surface area contributed by atoms with Gasteiger partial charge in [-0.2, -0.15) is 0 Å². The van der Waals surface area contributed by atoms with Crippen molar-refractivity contribution in [1.82, 2.24) is 15.0 Å². The zero-order valence-corrected chi connectivity index (χ0v) is 17.4. The number of carbonyl (C=O) groups excluding carboxylic acids is 1. The molecule has 6 nitrogen and oxygen atoms in total. The lowest BCUT2D eigenvalue weighted by Gasteiger charge is -2.00. The van der Waals surface area contributed by atoms with Crippen LogP contribution in [-0.2, 0) is 11.2 Å². The summed E-state index contributed by atoms with van der Waals surface area (Å²) < 4.78 is 6.50. The minimum atomic E-state index is -0.0896. The minimum Gasteiger partial charge on any atom is -0.494 e. The van der Waals surface area contributed by atoms with E-state index < -0.39 is 0 Å². The van der Waals surface area contributed by atoms with Gasteiger partial charge in [0.15, 0.2) is 10.3 Å². The number of ether oxygens (including phenoxy) is 1. The molecule has 0 saturated carbocycles. The number of aryl methyl sites for hydroxylation is 2. The van der Waals surface area contributed by atoms with E-state index >= 15 is 0 Å². The molecule has 0 spiro atoms. The molecule has 0 unspecified atom stereocenters. The van der Waals surface area contributed by atoms with E-state index in [1.807, 2.05) is 32.0 Å². The average Bonchev–Trinajstić information content (AvgIpc) is 3.20. The summed E-state index contributed by atoms with van der Waals surface area (Å²) in [5, 5.41) is 4.27. The third-order valence-corrected chi connectivity index (χ3v) is 5.80. The highest BCUT2D eigenvalue weighted by atomic mass is 32.2. The van der Waals surface area contributed by atoms with Crippen LogP contribution < -0.4 is 10.1 Å². The van der Waals surface area contributed by atoms with Crippen molar-refractivity contribution in [3.63, 3.8) is 0 Å². The molecule has 0 bridgehead atoms. The maximum Gasteiger partial charge on any atom is 0.236 e. The van der Waals surface area contributed by atoms with Crippen LogP contribution in [0.25, 0.3) is 10.2 Å². The van der Waals surface area contributed by atoms with Crippen LogP contribution in [0.4, 0.5) is 5.13 Å². The lowest BCUT2D eigenvalue weighted by Crippen LogP contribution is -2.13. The second-order valence-electron chi connectivity index (χ2n) is 6.14. The van der Waals surface area contributed by atoms with Crippen LogP contribution in [-0.4, -0.2) is 33.2 Å². The predicted molar refractivity (Wildman–Crippen MR) is 112 cm³/mol. The number of hydrogen-bond donors (Lipinski definition) is 2. The molecule has 0 aliphatic heterocycles. The molecule has 8 heteroatoms. The molecule has 144 valence electrons. The van der Waals surface area contributed by atoms with E-state index in [2.05, 4.69) is 27.2 Å². The van der Waals surface area contributed by atoms with Crippen molar-refractivity contribution in [2.45, 2.75) is 45.2 Å². The number of nitrogens with one attached hydrogen (secondary N) is 2. The molecule has 1 amide bonds. The number of thiazole rings is 1. The van der Waals surface area contributed by atoms with Gasteiger partial charge in [0.25, 0.3) is 0 Å². The van der Waals surface area contributed by atoms with Crippen LogP contribution in [0, 0.1) is 6.92 Å². The SMILES string of the molecule is CCCCc1nc(SCC(=O)Nc2nc3ccc(OCC)cc3s2)[nH]c1C. The standard InChI is InChI=1S/C19H24N4O2S2/c1-4-6-7-14-12(3)20-18(21-14)26-11-17(24)23-19-22-15-9-8-13(25-5-2)10-16(15)27-19/h8-10H,4-7,11H2,1-3H3,(H,20,21)(H,22,23,24). The number of amides is 1. The Kier molecular flexibility index (Phi) is 6.73. The number of H-pyrrole nitrogens is 1. The first-order valence-electron chi connectivity index (χ1n) is 9.10. The van der Waals surface area contributed by atoms with Gasteiger partial charge in [-0.1, -0.05) is 36.4 Å². The van der Waals surface area contributed by atoms with Crippen molar-refractivity contribution in [3.05, 3.63) is 29.6 Å². The van der Waals surface area contributed by atoms with Gasteiger partial charge in [0.2, 0.25) is 5.91 Å². The first-order chi connectivity index (χ1) is 13.1. The molecule has 0 radical (unpaired) electrons. The van der Waals surface area contributed by atoms with Crippen LogP contribution in [0.2, 0.25) is 0 Å². The number of aromatic amines is 1. The number of unbranched alkanes of at least 4 members (excludes halogenated alkanes) is 1. The van der Waals surface area contributed by atoms with E-state index in [-0.39, 0.29) is 5.91 Å². The van der Waals surface area contributed by atoms with E-state index in [9.17, 15) is 4.79 Å². The summed E-state index contributed by atoms with van der Waals surface area (Å²) >= 11 is 2.86. The fourth-order valence-electron chi connectivity index (χ4n) is 2.63. The van der Waals surface area contributed by atoms with Crippen molar-refractivity contribution in [1.29, 1.82) is 0 Å². The Morgan fingerprint density at radius 1 is 1.33 bits per heavy atom. The van der Waals surface area contributed by atoms with Crippen molar-refractivity contribution in [3.8, 4) is 5.75 Å². The Hall–Kier alpha value is -2.06. The smallest absolute Gasteiger partial charge is 0.236 e. The maximum absolute atomic E-state index is 12.3. The molecule has 0 atom stereocenters. The fourth-order valence-corrected chi connectivity index (χ4v) is 4.28. The van der Waals surface area contributed by atoms with Crippen LogP contribution in [0.1, 0.15) is 38.1 Å². The molecule has 2 aromatic heterocycles. The third-order valence-electron chi connectivity index (χ3n) is 3.99. The van der Waals surface area contributed by atoms with Crippen molar-refractivity contribution >= 4 is 44.4 Å². The van der Waals surface area contributed by atoms with E-state index in [0.717, 1.165) is 51.8 Å². The summed E-state index contributed by atoms with van der Waals surface area (Å²) in [7, 11) is 0. The quantitative estimate of drug-likeness (QED) is 0.501. The van der Waals surface area contributed by atoms with E-state index in [4.69, 9.17) is 4.74 Å². The van der Waals surface area contributed by atoms with Gasteiger partial charge < -0.3 is 15.0 Å². The number of benzene rings is 1. The second-order valence-corrected chi connectivity index (χ2v) is 8.13. The number of aromatic nitrogens is 3. The van der Waals surface area contributed by atoms with Crippen LogP contribution >= 0.6 is 23.1 Å². The van der Waals surface area contributed by atoms with Gasteiger partial charge in [-0.25, -0.2) is 9.97 Å². The Morgan fingerprint density at radius 3 is 2.96 bits per heavy atom. The number of carbonyl (C=O) groups is 1. The van der Waals surface area contributed by atoms with E-state index in [0.29, 0.717) is 17.5 Å². The minimum absolute atomic E-state index is 0.0896. The number of rotatable bonds is 9. The van der Waals surface area contributed by atoms with Crippen molar-refractivity contribution < 1.29 is 9.53 Å². The number of nitrogens with zero attached hydrogens (tertiary/aromatic N) is 2. The first kappa shape index (κ1) is 19.7. The highest BCUT2D eigenvalue weighted by molar-refractivity contribution is 7.99. The molecule has 0 aliphatic rings. The summed E-state index contributed by atoms with van der Waals surface area (Å²) in [4.78, 5) is 24.6. The Morgan fingerprint density at radius 2 is 2.19 bits per heavy atom. The van der Waals surface area contributed by atoms with Gasteiger partial charge in [0, 0.05) is 5.69 Å². The topological polar surface area (TPSA) is 79.9 Å². The third kappa shape index (κ3) is 5.23. The Balaban J connectivity index is 1.57. The van der Waals surface area contributed by atoms with Gasteiger partial charge in [0.05, 0.1) is 28.3 Å². The number of fused-ring (bicyclic) bond motifs is 1. The highest BCUT2D eigenvalue weighted by Gasteiger charge is 2.12. The summed E-state index contributed by atoms with van der Waals surface area (Å²) in [6.45, 7) is 6.77. The summed E-state index contributed by atoms with van der Waals surface area (Å²) in [5.41, 5.74) is 3.03. The fraction of sp³-hybridized carbons (Fsp3) is 0.421. The number of thioether (sulfide) groups is 1. The van der Waals surface area contributed by atoms with Gasteiger partial charge in [-0.05, 0) is 44.9 Å². The molecule has 3 rings (SSSR count). The number of imidazole rings is 1. The molecular formula is C19H24N4O2S2. The lowest BCUT2D eigenvalue weighted by atomic mass is 10.2. The largest absolute Gasteiger partial charge is 0.494 e. The molecule has 27 heavy (non-hydrogen) atoms. The van der Waals surface area contributed by atoms with Crippen molar-refractivity contribution in [2.75, 3.05) is 17.7 Å². The second kappa shape index (κ2) is 9.23. The number of anilines is 1. The van der Waals surface area contributed by atoms with Gasteiger partial charge in [-0.3, -0.25) is 4.79 Å². The molecule has 3 aromatic rings. The molecule has 0 saturated heterocycles. The van der Waals surface area contributed by atoms with Gasteiger partial charge in [-0.15, -0.1) is 0 Å². The zero-order valence-electron chi connectivity index (χ0n) is 15.8. The average molecular weight is 405 g/mol. The molecule has 0 fully saturated rings. The van der Waals surface area contributed by atoms with Gasteiger partial charge in [0.1, 0.15) is 5.75 Å². The first-order valence-corrected chi connectivity index (χ1v) is 10.9. The molecule has 2 heterocycles. The van der Waals surface area contributed by atoms with E-state index in [1.165, 1.54) is 23.1 Å². The number of hydrogen-bond acceptors (Lipinski definition) is 6. The Bertz CT molecular complexity index is 920. The van der Waals surface area contributed by atoms with E-state index in [1.54, 1.807) is 0 Å². The lowest BCUT2D eigenvalue weighted by molar-refractivity contribution is -0.113. The zero-order chi connectivity index (χ0) is 19.2. The van der Waals surface area contributed by atoms with Crippen LogP contribution in [0.5, 0.6) is 5.75 Å².